The third-order valence-corrected chi connectivity index (χ3v) is 15.5. The Labute approximate surface area is 198 Å². The van der Waals surface area contributed by atoms with E-state index in [9.17, 15) is 0 Å². The van der Waals surface area contributed by atoms with Gasteiger partial charge in [0, 0.05) is 0 Å². The molecule has 0 radical (unpaired) electrons. The van der Waals surface area contributed by atoms with Gasteiger partial charge in [-0.1, -0.05) is 0 Å². The molecule has 0 aliphatic carbocycles. The van der Waals surface area contributed by atoms with Gasteiger partial charge >= 0.3 is 199 Å². The fraction of sp³-hybridized carbons (Fsp3) is 0.435. The zero-order valence-corrected chi connectivity index (χ0v) is 23.0. The molecule has 2 aromatic rings. The van der Waals surface area contributed by atoms with Crippen LogP contribution in [0.4, 0.5) is 5.69 Å². The second-order valence-electron chi connectivity index (χ2n) is 7.42. The number of fused-ring (bicyclic) bond motifs is 2. The number of unbranched alkanes of at least 4 members (excludes halogenated alkanes) is 2. The number of aliphatic imine (C=N–C) groups is 1. The minimum absolute atomic E-state index is 0.575. The van der Waals surface area contributed by atoms with E-state index in [0.717, 1.165) is 67.5 Å². The van der Waals surface area contributed by atoms with E-state index in [4.69, 9.17) is 27.5 Å². The third kappa shape index (κ3) is 5.65. The number of ether oxygens (including phenoxy) is 1. The van der Waals surface area contributed by atoms with Crippen molar-refractivity contribution in [2.75, 3.05) is 6.61 Å². The molecule has 1 aliphatic heterocycles. The second-order valence-corrected chi connectivity index (χ2v) is 17.9. The molecule has 3 rings (SSSR count). The number of hydrogen-bond acceptors (Lipinski definition) is 4. The summed E-state index contributed by atoms with van der Waals surface area (Å²) in [7, 11) is 0. The van der Waals surface area contributed by atoms with Crippen molar-refractivity contribution in [3.05, 3.63) is 45.4 Å². The van der Waals surface area contributed by atoms with Crippen molar-refractivity contribution in [2.24, 2.45) is 4.99 Å². The maximum absolute atomic E-state index is 6.95. The van der Waals surface area contributed by atoms with Gasteiger partial charge in [-0.15, -0.1) is 0 Å². The van der Waals surface area contributed by atoms with Crippen molar-refractivity contribution in [3.8, 4) is 17.2 Å². The average Bonchev–Trinajstić information content (AvgIpc) is 2.79. The van der Waals surface area contributed by atoms with Gasteiger partial charge in [-0.05, 0) is 0 Å². The van der Waals surface area contributed by atoms with Crippen LogP contribution < -0.4 is 10.9 Å². The molecule has 1 aliphatic rings. The molecule has 0 saturated carbocycles. The molecule has 0 spiro atoms. The molecule has 0 N–H and O–H groups in total. The minimum atomic E-state index is -3.64. The molecule has 4 nitrogen and oxygen atoms in total. The maximum atomic E-state index is 6.95. The number of para-hydroxylation sites is 1. The van der Waals surface area contributed by atoms with E-state index in [-0.39, 0.29) is 0 Å². The summed E-state index contributed by atoms with van der Waals surface area (Å²) >= 11 is 6.34. The van der Waals surface area contributed by atoms with Crippen LogP contribution in [0.5, 0.6) is 17.2 Å². The number of nitrogens with zero attached hydrogens (tertiary/aromatic N) is 1. The summed E-state index contributed by atoms with van der Waals surface area (Å²) in [5.41, 5.74) is 1.63. The van der Waals surface area contributed by atoms with Crippen LogP contribution in [-0.4, -0.2) is 32.0 Å². The van der Waals surface area contributed by atoms with Crippen LogP contribution in [-0.2, 0) is 0 Å². The summed E-state index contributed by atoms with van der Waals surface area (Å²) in [6.45, 7) is 6.98. The van der Waals surface area contributed by atoms with Crippen LogP contribution in [0, 0.1) is 0 Å². The Balaban J connectivity index is 2.21. The van der Waals surface area contributed by atoms with E-state index in [1.165, 1.54) is 0 Å². The van der Waals surface area contributed by atoms with Gasteiger partial charge in [0.15, 0.2) is 0 Å². The predicted molar refractivity (Wildman–Crippen MR) is 130 cm³/mol. The molecule has 0 fully saturated rings. The van der Waals surface area contributed by atoms with Gasteiger partial charge in [0.05, 0.1) is 0 Å². The van der Waals surface area contributed by atoms with Crippen molar-refractivity contribution >= 4 is 58.6 Å². The Morgan fingerprint density at radius 2 is 1.73 bits per heavy atom. The van der Waals surface area contributed by atoms with Gasteiger partial charge in [0.2, 0.25) is 0 Å². The van der Waals surface area contributed by atoms with E-state index in [1.54, 1.807) is 0 Å². The van der Waals surface area contributed by atoms with Crippen molar-refractivity contribution in [2.45, 2.75) is 55.3 Å². The van der Waals surface area contributed by atoms with Crippen LogP contribution in [0.3, 0.4) is 0 Å². The van der Waals surface area contributed by atoms with Crippen molar-refractivity contribution in [1.82, 2.24) is 0 Å². The van der Waals surface area contributed by atoms with Gasteiger partial charge < -0.3 is 0 Å². The molecule has 0 amide bonds. The van der Waals surface area contributed by atoms with E-state index in [0.29, 0.717) is 11.6 Å². The van der Waals surface area contributed by atoms with Gasteiger partial charge in [-0.25, -0.2) is 0 Å². The summed E-state index contributed by atoms with van der Waals surface area (Å²) in [6, 6.07) is 9.67. The molecule has 1 heterocycles. The van der Waals surface area contributed by atoms with Gasteiger partial charge in [0.25, 0.3) is 0 Å². The Morgan fingerprint density at radius 1 is 1.03 bits per heavy atom. The van der Waals surface area contributed by atoms with E-state index >= 15 is 0 Å². The first-order valence-electron chi connectivity index (χ1n) is 10.7. The van der Waals surface area contributed by atoms with Crippen molar-refractivity contribution in [1.29, 1.82) is 0 Å². The van der Waals surface area contributed by atoms with E-state index in [2.05, 4.69) is 29.8 Å². The van der Waals surface area contributed by atoms with Crippen LogP contribution in [0.15, 0.2) is 39.8 Å². The third-order valence-electron chi connectivity index (χ3n) is 5.04. The molecule has 0 saturated heterocycles. The number of benzene rings is 2. The van der Waals surface area contributed by atoms with Crippen LogP contribution in [0.25, 0.3) is 0 Å². The van der Waals surface area contributed by atoms with E-state index < -0.39 is 19.2 Å². The first-order chi connectivity index (χ1) is 14.5. The molecule has 7 heteroatoms. The SMILES string of the molecule is CCC[CH2][Sn]1([CH2]CCC)[O]c2c(Br)cc(Cl)cc2N=Cc2cccc(OCC)c2[O]1. The zero-order chi connectivity index (χ0) is 21.6. The van der Waals surface area contributed by atoms with Gasteiger partial charge in [-0.3, -0.25) is 0 Å². The van der Waals surface area contributed by atoms with Crippen LogP contribution >= 0.6 is 27.5 Å². The van der Waals surface area contributed by atoms with E-state index in [1.807, 2.05) is 43.5 Å². The Hall–Kier alpha value is -0.921. The normalized spacial score (nSPS) is 14.4. The Bertz CT molecular complexity index is 898. The number of hydrogen-bond donors (Lipinski definition) is 0. The van der Waals surface area contributed by atoms with Crippen LogP contribution in [0.1, 0.15) is 52.0 Å². The topological polar surface area (TPSA) is 40.0 Å². The van der Waals surface area contributed by atoms with Crippen molar-refractivity contribution < 1.29 is 10.9 Å². The van der Waals surface area contributed by atoms with Crippen molar-refractivity contribution in [3.63, 3.8) is 0 Å². The fourth-order valence-electron chi connectivity index (χ4n) is 3.51. The second kappa shape index (κ2) is 11.1. The Kier molecular flexibility index (Phi) is 8.78. The molecule has 0 atom stereocenters. The quantitative estimate of drug-likeness (QED) is 0.288. The molecule has 30 heavy (non-hydrogen) atoms. The predicted octanol–water partition coefficient (Wildman–Crippen LogP) is 8.07. The standard InChI is InChI=1S/C15H13BrClNO3.2C4H9.Sn/c1-2-21-13-5-3-4-9(14(13)19)8-18-12-7-10(17)6-11(16)15(12)20;2*1-3-4-2;/h3-8,19-20H,2H2,1H3;2*1,3-4H2,2H3;/q;;;+2/p-2. The fourth-order valence-corrected chi connectivity index (χ4v) is 15.3. The van der Waals surface area contributed by atoms with Gasteiger partial charge in [-0.2, -0.15) is 0 Å². The van der Waals surface area contributed by atoms with Crippen LogP contribution in [0.2, 0.25) is 13.9 Å². The molecule has 0 aromatic heterocycles. The molecular weight excluding hydrogens is 572 g/mol. The average molecular weight is 602 g/mol. The summed E-state index contributed by atoms with van der Waals surface area (Å²) in [5.74, 6) is 2.26. The first-order valence-corrected chi connectivity index (χ1v) is 18.2. The molecule has 162 valence electrons. The monoisotopic (exact) mass is 601 g/mol. The first kappa shape index (κ1) is 23.7. The summed E-state index contributed by atoms with van der Waals surface area (Å²) in [4.78, 5) is 4.73. The number of halogens is 2. The molecule has 2 aromatic carbocycles. The molecule has 0 unspecified atom stereocenters. The summed E-state index contributed by atoms with van der Waals surface area (Å²) < 4.78 is 22.5. The molecular formula is C23H29BrClNO3Sn. The summed E-state index contributed by atoms with van der Waals surface area (Å²) in [5, 5.41) is 0.618. The number of rotatable bonds is 8. The van der Waals surface area contributed by atoms with Gasteiger partial charge in [0.1, 0.15) is 0 Å². The summed E-state index contributed by atoms with van der Waals surface area (Å²) in [6.07, 6.45) is 6.18. The molecule has 0 bridgehead atoms. The Morgan fingerprint density at radius 3 is 2.40 bits per heavy atom. The zero-order valence-electron chi connectivity index (χ0n) is 17.8.